The number of fused-ring (bicyclic) bond motifs is 8. The van der Waals surface area contributed by atoms with Crippen molar-refractivity contribution in [1.29, 1.82) is 0 Å². The van der Waals surface area contributed by atoms with Gasteiger partial charge in [0, 0.05) is 42.7 Å². The van der Waals surface area contributed by atoms with Gasteiger partial charge in [-0.05, 0) is 81.4 Å². The SMILES string of the molecule is CC1CC/C(c2ccccc2)=N\C(c2ccc(-c3cc4ccc5ccccc5c4c4[nH]ccc34)cc2)=N/C1c1ccc2c(c1)sc1ccccc12. The Hall–Kier alpha value is -5.84. The minimum atomic E-state index is 0.00477. The van der Waals surface area contributed by atoms with Gasteiger partial charge in [-0.2, -0.15) is 0 Å². The summed E-state index contributed by atoms with van der Waals surface area (Å²) in [5.41, 5.74) is 8.13. The van der Waals surface area contributed by atoms with E-state index in [0.29, 0.717) is 5.92 Å². The highest BCUT2D eigenvalue weighted by molar-refractivity contribution is 7.25. The molecule has 10 rings (SSSR count). The van der Waals surface area contributed by atoms with E-state index >= 15 is 0 Å². The second kappa shape index (κ2) is 12.2. The van der Waals surface area contributed by atoms with Gasteiger partial charge in [0.1, 0.15) is 0 Å². The lowest BCUT2D eigenvalue weighted by atomic mass is 9.88. The molecule has 3 nitrogen and oxygen atoms in total. The molecule has 9 aromatic rings. The van der Waals surface area contributed by atoms with Crippen molar-refractivity contribution in [2.24, 2.45) is 15.9 Å². The molecule has 2 unspecified atom stereocenters. The minimum absolute atomic E-state index is 0.00477. The number of aliphatic imine (C=N–C) groups is 2. The Labute approximate surface area is 300 Å². The van der Waals surface area contributed by atoms with Crippen molar-refractivity contribution < 1.29 is 0 Å². The fourth-order valence-electron chi connectivity index (χ4n) is 8.06. The first-order chi connectivity index (χ1) is 25.2. The Balaban J connectivity index is 1.09. The number of nitrogens with one attached hydrogen (secondary N) is 1. The Morgan fingerprint density at radius 2 is 1.35 bits per heavy atom. The van der Waals surface area contributed by atoms with Crippen LogP contribution in [-0.2, 0) is 0 Å². The van der Waals surface area contributed by atoms with E-state index in [1.54, 1.807) is 0 Å². The molecule has 244 valence electrons. The summed E-state index contributed by atoms with van der Waals surface area (Å²) < 4.78 is 2.64. The maximum Gasteiger partial charge on any atom is 0.155 e. The van der Waals surface area contributed by atoms with Crippen LogP contribution in [0.5, 0.6) is 0 Å². The summed E-state index contributed by atoms with van der Waals surface area (Å²) in [6, 6.07) is 52.9. The average Bonchev–Trinajstić information content (AvgIpc) is 3.82. The zero-order chi connectivity index (χ0) is 33.9. The third-order valence-corrected chi connectivity index (χ3v) is 11.9. The molecule has 0 bridgehead atoms. The van der Waals surface area contributed by atoms with E-state index in [4.69, 9.17) is 9.98 Å². The van der Waals surface area contributed by atoms with E-state index in [9.17, 15) is 0 Å². The molecule has 2 aromatic heterocycles. The molecular weight excluding hydrogens is 639 g/mol. The van der Waals surface area contributed by atoms with Crippen molar-refractivity contribution in [3.8, 4) is 11.1 Å². The average molecular weight is 674 g/mol. The van der Waals surface area contributed by atoms with E-state index in [2.05, 4.69) is 164 Å². The van der Waals surface area contributed by atoms with Crippen molar-refractivity contribution in [1.82, 2.24) is 4.98 Å². The van der Waals surface area contributed by atoms with Crippen LogP contribution in [0.1, 0.15) is 42.5 Å². The number of rotatable bonds is 4. The third-order valence-electron chi connectivity index (χ3n) is 10.7. The molecule has 2 atom stereocenters. The van der Waals surface area contributed by atoms with E-state index < -0.39 is 0 Å². The summed E-state index contributed by atoms with van der Waals surface area (Å²) >= 11 is 1.87. The van der Waals surface area contributed by atoms with Gasteiger partial charge in [-0.25, -0.2) is 4.99 Å². The quantitative estimate of drug-likeness (QED) is 0.181. The maximum absolute atomic E-state index is 5.54. The van der Waals surface area contributed by atoms with Crippen LogP contribution in [0.4, 0.5) is 0 Å². The molecule has 0 radical (unpaired) electrons. The molecule has 0 saturated heterocycles. The Morgan fingerprint density at radius 1 is 0.608 bits per heavy atom. The molecular formula is C47H35N3S. The van der Waals surface area contributed by atoms with Crippen molar-refractivity contribution in [3.63, 3.8) is 0 Å². The van der Waals surface area contributed by atoms with Gasteiger partial charge in [-0.15, -0.1) is 11.3 Å². The molecule has 0 aliphatic carbocycles. The normalized spacial score (nSPS) is 18.8. The highest BCUT2D eigenvalue weighted by Gasteiger charge is 2.24. The molecule has 1 aliphatic rings. The lowest BCUT2D eigenvalue weighted by Crippen LogP contribution is -2.18. The molecule has 0 fully saturated rings. The van der Waals surface area contributed by atoms with Gasteiger partial charge < -0.3 is 4.98 Å². The van der Waals surface area contributed by atoms with Crippen LogP contribution < -0.4 is 0 Å². The standard InChI is InChI=1S/C47H35N3S/c1-29-15-24-41(32-10-3-2-4-11-32)49-47(50-45(29)35-22-23-38-37-13-7-8-14-42(37)51-43(38)28-35)33-19-16-31(17-20-33)40-27-34-21-18-30-9-5-6-12-36(30)44(34)46-39(40)25-26-48-46/h2-14,16-23,25-29,45,48H,15,24H2,1H3/b49-41+,50-47-. The Morgan fingerprint density at radius 3 is 2.24 bits per heavy atom. The van der Waals surface area contributed by atoms with Crippen LogP contribution >= 0.6 is 11.3 Å². The van der Waals surface area contributed by atoms with Crippen molar-refractivity contribution >= 4 is 75.5 Å². The predicted molar refractivity (Wildman–Crippen MR) is 219 cm³/mol. The molecule has 0 saturated carbocycles. The van der Waals surface area contributed by atoms with Gasteiger partial charge in [0.15, 0.2) is 5.84 Å². The smallest absolute Gasteiger partial charge is 0.155 e. The second-order valence-corrected chi connectivity index (χ2v) is 14.9. The monoisotopic (exact) mass is 673 g/mol. The van der Waals surface area contributed by atoms with Gasteiger partial charge in [0.25, 0.3) is 0 Å². The minimum Gasteiger partial charge on any atom is -0.361 e. The number of thiophene rings is 1. The number of hydrogen-bond acceptors (Lipinski definition) is 3. The summed E-state index contributed by atoms with van der Waals surface area (Å²) in [7, 11) is 0. The first-order valence-electron chi connectivity index (χ1n) is 17.8. The van der Waals surface area contributed by atoms with Gasteiger partial charge in [-0.3, -0.25) is 4.99 Å². The van der Waals surface area contributed by atoms with Gasteiger partial charge in [0.2, 0.25) is 0 Å². The molecule has 4 heteroatoms. The van der Waals surface area contributed by atoms with Gasteiger partial charge in [0.05, 0.1) is 17.3 Å². The van der Waals surface area contributed by atoms with Crippen LogP contribution in [-0.4, -0.2) is 16.5 Å². The number of H-pyrrole nitrogens is 1. The highest BCUT2D eigenvalue weighted by Crippen LogP contribution is 2.40. The van der Waals surface area contributed by atoms with Crippen LogP contribution in [0.3, 0.4) is 0 Å². The van der Waals surface area contributed by atoms with Crippen molar-refractivity contribution in [2.45, 2.75) is 25.8 Å². The zero-order valence-electron chi connectivity index (χ0n) is 28.3. The zero-order valence-corrected chi connectivity index (χ0v) is 29.1. The summed E-state index contributed by atoms with van der Waals surface area (Å²) in [5, 5.41) is 8.91. The maximum atomic E-state index is 5.54. The van der Waals surface area contributed by atoms with E-state index in [1.807, 2.05) is 11.3 Å². The third kappa shape index (κ3) is 5.17. The number of nitrogens with zero attached hydrogens (tertiary/aromatic N) is 2. The summed E-state index contributed by atoms with van der Waals surface area (Å²) in [5.74, 6) is 1.14. The molecule has 0 amide bonds. The molecule has 1 N–H and O–H groups in total. The topological polar surface area (TPSA) is 40.5 Å². The van der Waals surface area contributed by atoms with Gasteiger partial charge >= 0.3 is 0 Å². The largest absolute Gasteiger partial charge is 0.361 e. The summed E-state index contributed by atoms with van der Waals surface area (Å²) in [4.78, 5) is 14.5. The fraction of sp³-hybridized carbons (Fsp3) is 0.106. The van der Waals surface area contributed by atoms with Crippen molar-refractivity contribution in [3.05, 3.63) is 168 Å². The van der Waals surface area contributed by atoms with Crippen LogP contribution in [0.15, 0.2) is 162 Å². The molecule has 51 heavy (non-hydrogen) atoms. The fourth-order valence-corrected chi connectivity index (χ4v) is 9.22. The predicted octanol–water partition coefficient (Wildman–Crippen LogP) is 12.9. The number of amidine groups is 1. The van der Waals surface area contributed by atoms with E-state index in [-0.39, 0.29) is 6.04 Å². The van der Waals surface area contributed by atoms with E-state index in [1.165, 1.54) is 69.3 Å². The molecule has 0 spiro atoms. The van der Waals surface area contributed by atoms with Crippen LogP contribution in [0.25, 0.3) is 63.7 Å². The lowest BCUT2D eigenvalue weighted by Gasteiger charge is -2.25. The van der Waals surface area contributed by atoms with Crippen molar-refractivity contribution in [2.75, 3.05) is 0 Å². The first kappa shape index (κ1) is 30.0. The number of hydrogen-bond donors (Lipinski definition) is 1. The number of aromatic nitrogens is 1. The van der Waals surface area contributed by atoms with E-state index in [0.717, 1.165) is 35.5 Å². The lowest BCUT2D eigenvalue weighted by molar-refractivity contribution is 0.446. The summed E-state index contributed by atoms with van der Waals surface area (Å²) in [6.45, 7) is 2.35. The Kier molecular flexibility index (Phi) is 7.17. The van der Waals surface area contributed by atoms with Crippen LogP contribution in [0, 0.1) is 5.92 Å². The number of aromatic amines is 1. The molecule has 3 heterocycles. The number of benzene rings is 7. The van der Waals surface area contributed by atoms with Crippen LogP contribution in [0.2, 0.25) is 0 Å². The second-order valence-electron chi connectivity index (χ2n) is 13.8. The summed E-state index contributed by atoms with van der Waals surface area (Å²) in [6.07, 6.45) is 3.98. The highest BCUT2D eigenvalue weighted by atomic mass is 32.1. The molecule has 7 aromatic carbocycles. The first-order valence-corrected chi connectivity index (χ1v) is 18.6. The van der Waals surface area contributed by atoms with Gasteiger partial charge in [-0.1, -0.05) is 128 Å². The Bertz CT molecular complexity index is 2820. The molecule has 1 aliphatic heterocycles.